The molecule has 0 aromatic carbocycles. The molecule has 3 heterocycles. The molecule has 102 valence electrons. The Balaban J connectivity index is 2.07. The molecule has 0 atom stereocenters. The van der Waals surface area contributed by atoms with Crippen LogP contribution in [0.4, 0.5) is 5.82 Å². The molecular formula is C11H9N5O2S2. The van der Waals surface area contributed by atoms with Crippen LogP contribution in [0.25, 0.3) is 4.96 Å². The van der Waals surface area contributed by atoms with E-state index < -0.39 is 4.92 Å². The number of hydrogen-bond acceptors (Lipinski definition) is 7. The van der Waals surface area contributed by atoms with Gasteiger partial charge in [-0.15, -0.1) is 0 Å². The van der Waals surface area contributed by atoms with Gasteiger partial charge in [-0.05, 0) is 36.6 Å². The molecule has 9 heteroatoms. The minimum atomic E-state index is -0.433. The van der Waals surface area contributed by atoms with E-state index in [4.69, 9.17) is 0 Å². The molecule has 0 saturated heterocycles. The number of fused-ring (bicyclic) bond motifs is 1. The zero-order chi connectivity index (χ0) is 14.3. The van der Waals surface area contributed by atoms with Gasteiger partial charge in [-0.1, -0.05) is 11.3 Å². The molecule has 3 aromatic heterocycles. The Hall–Kier alpha value is -2.00. The highest BCUT2D eigenvalue weighted by atomic mass is 32.2. The van der Waals surface area contributed by atoms with Crippen molar-refractivity contribution < 1.29 is 4.92 Å². The van der Waals surface area contributed by atoms with E-state index in [1.165, 1.54) is 15.7 Å². The van der Waals surface area contributed by atoms with Gasteiger partial charge in [-0.25, -0.2) is 9.97 Å². The standard InChI is InChI=1S/C11H9N5O2S2/c1-6-5-7(2)13-10(12-6)20-8-9(16(17)18)15-3-4-19-11(15)14-8/h3-5H,1-2H3. The quantitative estimate of drug-likeness (QED) is 0.420. The number of nitrogens with zero attached hydrogens (tertiary/aromatic N) is 5. The third-order valence-corrected chi connectivity index (χ3v) is 4.12. The molecule has 0 radical (unpaired) electrons. The Morgan fingerprint density at radius 2 is 2.00 bits per heavy atom. The van der Waals surface area contributed by atoms with Gasteiger partial charge in [-0.2, -0.15) is 9.38 Å². The first kappa shape index (κ1) is 13.0. The van der Waals surface area contributed by atoms with Crippen LogP contribution in [0.5, 0.6) is 0 Å². The maximum absolute atomic E-state index is 11.2. The lowest BCUT2D eigenvalue weighted by atomic mass is 10.4. The lowest BCUT2D eigenvalue weighted by Gasteiger charge is -2.01. The number of aryl methyl sites for hydroxylation is 2. The van der Waals surface area contributed by atoms with Gasteiger partial charge >= 0.3 is 5.82 Å². The van der Waals surface area contributed by atoms with Crippen molar-refractivity contribution >= 4 is 33.9 Å². The van der Waals surface area contributed by atoms with E-state index in [1.54, 1.807) is 11.6 Å². The average Bonchev–Trinajstić information content (AvgIpc) is 2.86. The van der Waals surface area contributed by atoms with Crippen LogP contribution < -0.4 is 0 Å². The lowest BCUT2D eigenvalue weighted by molar-refractivity contribution is -0.393. The topological polar surface area (TPSA) is 86.2 Å². The Kier molecular flexibility index (Phi) is 3.14. The predicted molar refractivity (Wildman–Crippen MR) is 75.4 cm³/mol. The van der Waals surface area contributed by atoms with E-state index in [9.17, 15) is 10.1 Å². The second-order valence-electron chi connectivity index (χ2n) is 4.09. The van der Waals surface area contributed by atoms with Gasteiger partial charge < -0.3 is 10.1 Å². The second-order valence-corrected chi connectivity index (χ2v) is 5.92. The van der Waals surface area contributed by atoms with Gasteiger partial charge in [0.25, 0.3) is 4.96 Å². The van der Waals surface area contributed by atoms with Crippen LogP contribution in [0.3, 0.4) is 0 Å². The van der Waals surface area contributed by atoms with E-state index in [0.717, 1.165) is 23.1 Å². The molecule has 3 rings (SSSR count). The van der Waals surface area contributed by atoms with E-state index in [0.29, 0.717) is 15.1 Å². The fourth-order valence-electron chi connectivity index (χ4n) is 1.81. The van der Waals surface area contributed by atoms with Crippen LogP contribution in [-0.4, -0.2) is 24.3 Å². The summed E-state index contributed by atoms with van der Waals surface area (Å²) >= 11 is 2.46. The predicted octanol–water partition coefficient (Wildman–Crippen LogP) is 2.86. The number of aromatic nitrogens is 4. The van der Waals surface area contributed by atoms with E-state index in [2.05, 4.69) is 15.0 Å². The molecular weight excluding hydrogens is 298 g/mol. The minimum Gasteiger partial charge on any atom is -0.358 e. The summed E-state index contributed by atoms with van der Waals surface area (Å²) in [5.41, 5.74) is 1.65. The van der Waals surface area contributed by atoms with Crippen LogP contribution >= 0.6 is 23.1 Å². The van der Waals surface area contributed by atoms with Crippen LogP contribution in [0.15, 0.2) is 27.8 Å². The summed E-state index contributed by atoms with van der Waals surface area (Å²) in [5.74, 6) is -0.0472. The highest BCUT2D eigenvalue weighted by molar-refractivity contribution is 7.99. The molecule has 7 nitrogen and oxygen atoms in total. The first-order valence-electron chi connectivity index (χ1n) is 5.64. The number of imidazole rings is 1. The molecule has 0 spiro atoms. The van der Waals surface area contributed by atoms with Crippen molar-refractivity contribution in [1.82, 2.24) is 19.4 Å². The molecule has 0 aliphatic heterocycles. The van der Waals surface area contributed by atoms with Crippen molar-refractivity contribution in [3.63, 3.8) is 0 Å². The van der Waals surface area contributed by atoms with Crippen molar-refractivity contribution in [3.05, 3.63) is 39.1 Å². The summed E-state index contributed by atoms with van der Waals surface area (Å²) in [4.78, 5) is 24.2. The zero-order valence-corrected chi connectivity index (χ0v) is 12.2. The zero-order valence-electron chi connectivity index (χ0n) is 10.6. The largest absolute Gasteiger partial charge is 0.363 e. The van der Waals surface area contributed by atoms with E-state index >= 15 is 0 Å². The first-order chi connectivity index (χ1) is 9.54. The average molecular weight is 307 g/mol. The summed E-state index contributed by atoms with van der Waals surface area (Å²) < 4.78 is 1.47. The summed E-state index contributed by atoms with van der Waals surface area (Å²) in [6, 6.07) is 1.85. The summed E-state index contributed by atoms with van der Waals surface area (Å²) in [6.45, 7) is 3.72. The molecule has 0 aliphatic rings. The maximum Gasteiger partial charge on any atom is 0.363 e. The highest BCUT2D eigenvalue weighted by Crippen LogP contribution is 2.34. The second kappa shape index (κ2) is 4.84. The molecule has 0 N–H and O–H groups in total. The van der Waals surface area contributed by atoms with Crippen LogP contribution in [0, 0.1) is 24.0 Å². The van der Waals surface area contributed by atoms with Crippen molar-refractivity contribution in [3.8, 4) is 0 Å². The number of thiazole rings is 1. The Bertz CT molecular complexity index is 790. The smallest absolute Gasteiger partial charge is 0.358 e. The Morgan fingerprint density at radius 3 is 2.65 bits per heavy atom. The van der Waals surface area contributed by atoms with Gasteiger partial charge in [0, 0.05) is 16.8 Å². The summed E-state index contributed by atoms with van der Waals surface area (Å²) in [6.07, 6.45) is 1.64. The van der Waals surface area contributed by atoms with Gasteiger partial charge in [0.15, 0.2) is 5.16 Å². The van der Waals surface area contributed by atoms with Crippen molar-refractivity contribution in [2.45, 2.75) is 24.0 Å². The first-order valence-corrected chi connectivity index (χ1v) is 7.34. The van der Waals surface area contributed by atoms with Gasteiger partial charge in [-0.3, -0.25) is 0 Å². The number of rotatable bonds is 3. The monoisotopic (exact) mass is 307 g/mol. The highest BCUT2D eigenvalue weighted by Gasteiger charge is 2.25. The van der Waals surface area contributed by atoms with Crippen molar-refractivity contribution in [1.29, 1.82) is 0 Å². The molecule has 0 unspecified atom stereocenters. The number of nitro groups is 1. The third-order valence-electron chi connectivity index (χ3n) is 2.53. The van der Waals surface area contributed by atoms with Gasteiger partial charge in [0.1, 0.15) is 6.20 Å². The van der Waals surface area contributed by atoms with Crippen LogP contribution in [0.2, 0.25) is 0 Å². The normalized spacial score (nSPS) is 11.1. The van der Waals surface area contributed by atoms with Crippen LogP contribution in [-0.2, 0) is 0 Å². The van der Waals surface area contributed by atoms with Crippen molar-refractivity contribution in [2.75, 3.05) is 0 Å². The molecule has 0 amide bonds. The molecule has 0 fully saturated rings. The lowest BCUT2D eigenvalue weighted by Crippen LogP contribution is -1.96. The number of hydrogen-bond donors (Lipinski definition) is 0. The van der Waals surface area contributed by atoms with Crippen LogP contribution in [0.1, 0.15) is 11.4 Å². The molecule has 0 saturated carbocycles. The van der Waals surface area contributed by atoms with Gasteiger partial charge in [0.2, 0.25) is 5.03 Å². The molecule has 0 aliphatic carbocycles. The fraction of sp³-hybridized carbons (Fsp3) is 0.182. The molecule has 3 aromatic rings. The Morgan fingerprint density at radius 1 is 1.30 bits per heavy atom. The molecule has 20 heavy (non-hydrogen) atoms. The Labute approximate surface area is 121 Å². The summed E-state index contributed by atoms with van der Waals surface area (Å²) in [7, 11) is 0. The van der Waals surface area contributed by atoms with Crippen molar-refractivity contribution in [2.24, 2.45) is 0 Å². The minimum absolute atomic E-state index is 0.0472. The fourth-order valence-corrected chi connectivity index (χ4v) is 3.53. The molecule has 0 bridgehead atoms. The van der Waals surface area contributed by atoms with E-state index in [1.807, 2.05) is 19.9 Å². The SMILES string of the molecule is Cc1cc(C)nc(Sc2nc3sccn3c2[N+](=O)[O-])n1. The summed E-state index contributed by atoms with van der Waals surface area (Å²) in [5, 5.41) is 13.8. The third kappa shape index (κ3) is 2.25. The van der Waals surface area contributed by atoms with Gasteiger partial charge in [0.05, 0.1) is 0 Å². The maximum atomic E-state index is 11.2. The van der Waals surface area contributed by atoms with E-state index in [-0.39, 0.29) is 5.82 Å².